The molecule has 2 aliphatic rings. The second kappa shape index (κ2) is 7.11. The van der Waals surface area contributed by atoms with Crippen molar-refractivity contribution in [2.24, 2.45) is 11.8 Å². The molecular formula is C18H25N3O3. The molecule has 130 valence electrons. The van der Waals surface area contributed by atoms with Gasteiger partial charge in [0.1, 0.15) is 5.75 Å². The average molecular weight is 331 g/mol. The van der Waals surface area contributed by atoms with Crippen LogP contribution in [0.15, 0.2) is 18.2 Å². The van der Waals surface area contributed by atoms with Gasteiger partial charge in [0.15, 0.2) is 0 Å². The van der Waals surface area contributed by atoms with E-state index < -0.39 is 0 Å². The SMILES string of the molecule is COc1cc(C(=O)NCC2CCN(C(=O)C3CC3)CC2)ccc1N. The first-order valence-corrected chi connectivity index (χ1v) is 8.59. The van der Waals surface area contributed by atoms with Crippen molar-refractivity contribution in [2.75, 3.05) is 32.5 Å². The van der Waals surface area contributed by atoms with E-state index in [0.717, 1.165) is 38.8 Å². The summed E-state index contributed by atoms with van der Waals surface area (Å²) in [5.41, 5.74) is 6.82. The van der Waals surface area contributed by atoms with E-state index in [4.69, 9.17) is 10.5 Å². The van der Waals surface area contributed by atoms with Gasteiger partial charge in [-0.2, -0.15) is 0 Å². The lowest BCUT2D eigenvalue weighted by Gasteiger charge is -2.32. The number of hydrogen-bond acceptors (Lipinski definition) is 4. The third-order valence-electron chi connectivity index (χ3n) is 4.90. The molecule has 0 spiro atoms. The summed E-state index contributed by atoms with van der Waals surface area (Å²) < 4.78 is 5.15. The molecule has 0 unspecified atom stereocenters. The van der Waals surface area contributed by atoms with E-state index in [2.05, 4.69) is 5.32 Å². The number of carbonyl (C=O) groups is 2. The van der Waals surface area contributed by atoms with E-state index in [-0.39, 0.29) is 5.91 Å². The number of anilines is 1. The molecule has 6 heteroatoms. The van der Waals surface area contributed by atoms with E-state index in [1.165, 1.54) is 7.11 Å². The zero-order chi connectivity index (χ0) is 17.1. The molecule has 24 heavy (non-hydrogen) atoms. The van der Waals surface area contributed by atoms with E-state index in [0.29, 0.717) is 41.3 Å². The number of amides is 2. The maximum Gasteiger partial charge on any atom is 0.251 e. The Morgan fingerprint density at radius 1 is 1.25 bits per heavy atom. The average Bonchev–Trinajstić information content (AvgIpc) is 3.45. The predicted octanol–water partition coefficient (Wildman–Crippen LogP) is 1.66. The van der Waals surface area contributed by atoms with Gasteiger partial charge in [-0.1, -0.05) is 0 Å². The van der Waals surface area contributed by atoms with Crippen molar-refractivity contribution in [2.45, 2.75) is 25.7 Å². The highest BCUT2D eigenvalue weighted by Crippen LogP contribution is 2.32. The van der Waals surface area contributed by atoms with Crippen molar-refractivity contribution >= 4 is 17.5 Å². The van der Waals surface area contributed by atoms with Gasteiger partial charge in [0.2, 0.25) is 5.91 Å². The minimum atomic E-state index is -0.121. The van der Waals surface area contributed by atoms with Crippen LogP contribution in [-0.4, -0.2) is 43.5 Å². The summed E-state index contributed by atoms with van der Waals surface area (Å²) >= 11 is 0. The summed E-state index contributed by atoms with van der Waals surface area (Å²) in [6, 6.07) is 5.03. The minimum Gasteiger partial charge on any atom is -0.495 e. The van der Waals surface area contributed by atoms with E-state index in [1.807, 2.05) is 4.90 Å². The molecule has 1 aliphatic heterocycles. The maximum atomic E-state index is 12.3. The molecule has 6 nitrogen and oxygen atoms in total. The molecule has 0 aromatic heterocycles. The van der Waals surface area contributed by atoms with Gasteiger partial charge in [0.25, 0.3) is 5.91 Å². The van der Waals surface area contributed by atoms with Gasteiger partial charge in [-0.05, 0) is 49.8 Å². The van der Waals surface area contributed by atoms with Crippen LogP contribution in [0.25, 0.3) is 0 Å². The highest BCUT2D eigenvalue weighted by molar-refractivity contribution is 5.95. The normalized spacial score (nSPS) is 18.3. The highest BCUT2D eigenvalue weighted by Gasteiger charge is 2.34. The summed E-state index contributed by atoms with van der Waals surface area (Å²) in [7, 11) is 1.53. The van der Waals surface area contributed by atoms with Crippen LogP contribution in [0.1, 0.15) is 36.0 Å². The number of carbonyl (C=O) groups excluding carboxylic acids is 2. The van der Waals surface area contributed by atoms with Crippen molar-refractivity contribution in [1.29, 1.82) is 0 Å². The number of ether oxygens (including phenoxy) is 1. The summed E-state index contributed by atoms with van der Waals surface area (Å²) in [4.78, 5) is 26.3. The molecule has 1 aromatic carbocycles. The van der Waals surface area contributed by atoms with Crippen molar-refractivity contribution in [3.63, 3.8) is 0 Å². The third-order valence-corrected chi connectivity index (χ3v) is 4.90. The largest absolute Gasteiger partial charge is 0.495 e. The second-order valence-corrected chi connectivity index (χ2v) is 6.71. The Morgan fingerprint density at radius 2 is 1.96 bits per heavy atom. The van der Waals surface area contributed by atoms with Gasteiger partial charge in [-0.15, -0.1) is 0 Å². The van der Waals surface area contributed by atoms with Crippen LogP contribution in [0, 0.1) is 11.8 Å². The standard InChI is InChI=1S/C18H25N3O3/c1-24-16-10-14(4-5-15(16)19)17(22)20-11-12-6-8-21(9-7-12)18(23)13-2-3-13/h4-5,10,12-13H,2-3,6-9,11,19H2,1H3,(H,20,22). The molecule has 1 saturated carbocycles. The number of nitrogen functional groups attached to an aromatic ring is 1. The first kappa shape index (κ1) is 16.6. The number of methoxy groups -OCH3 is 1. The van der Waals surface area contributed by atoms with E-state index in [9.17, 15) is 9.59 Å². The molecule has 0 bridgehead atoms. The van der Waals surface area contributed by atoms with E-state index >= 15 is 0 Å². The van der Waals surface area contributed by atoms with Crippen LogP contribution in [0.5, 0.6) is 5.75 Å². The fourth-order valence-electron chi connectivity index (χ4n) is 3.14. The van der Waals surface area contributed by atoms with Crippen LogP contribution in [0.3, 0.4) is 0 Å². The number of likely N-dealkylation sites (tertiary alicyclic amines) is 1. The monoisotopic (exact) mass is 331 g/mol. The van der Waals surface area contributed by atoms with Gasteiger partial charge in [-0.3, -0.25) is 9.59 Å². The summed E-state index contributed by atoms with van der Waals surface area (Å²) in [6.45, 7) is 2.26. The number of rotatable bonds is 5. The fourth-order valence-corrected chi connectivity index (χ4v) is 3.14. The van der Waals surface area contributed by atoms with Gasteiger partial charge in [0.05, 0.1) is 12.8 Å². The molecule has 0 atom stereocenters. The first-order chi connectivity index (χ1) is 11.6. The van der Waals surface area contributed by atoms with Crippen molar-refractivity contribution < 1.29 is 14.3 Å². The molecule has 3 N–H and O–H groups in total. The molecule has 1 heterocycles. The topological polar surface area (TPSA) is 84.7 Å². The van der Waals surface area contributed by atoms with Crippen molar-refractivity contribution in [3.8, 4) is 5.75 Å². The smallest absolute Gasteiger partial charge is 0.251 e. The minimum absolute atomic E-state index is 0.121. The lowest BCUT2D eigenvalue weighted by molar-refractivity contribution is -0.133. The molecule has 2 amide bonds. The van der Waals surface area contributed by atoms with Gasteiger partial charge in [-0.25, -0.2) is 0 Å². The Hall–Kier alpha value is -2.24. The number of nitrogens with two attached hydrogens (primary N) is 1. The number of nitrogens with zero attached hydrogens (tertiary/aromatic N) is 1. The number of hydrogen-bond donors (Lipinski definition) is 2. The third kappa shape index (κ3) is 3.80. The molecule has 1 aromatic rings. The number of benzene rings is 1. The Labute approximate surface area is 142 Å². The van der Waals surface area contributed by atoms with Crippen molar-refractivity contribution in [3.05, 3.63) is 23.8 Å². The molecule has 1 aliphatic carbocycles. The van der Waals surface area contributed by atoms with Gasteiger partial charge >= 0.3 is 0 Å². The molecular weight excluding hydrogens is 306 g/mol. The first-order valence-electron chi connectivity index (χ1n) is 8.59. The molecule has 3 rings (SSSR count). The molecule has 2 fully saturated rings. The van der Waals surface area contributed by atoms with Gasteiger partial charge < -0.3 is 20.7 Å². The quantitative estimate of drug-likeness (QED) is 0.804. The van der Waals surface area contributed by atoms with Crippen LogP contribution in [0.4, 0.5) is 5.69 Å². The number of nitrogens with one attached hydrogen (secondary N) is 1. The molecule has 0 radical (unpaired) electrons. The zero-order valence-electron chi connectivity index (χ0n) is 14.1. The van der Waals surface area contributed by atoms with Crippen LogP contribution >= 0.6 is 0 Å². The zero-order valence-corrected chi connectivity index (χ0v) is 14.1. The Balaban J connectivity index is 1.46. The lowest BCUT2D eigenvalue weighted by Crippen LogP contribution is -2.42. The molecule has 1 saturated heterocycles. The van der Waals surface area contributed by atoms with Gasteiger partial charge in [0, 0.05) is 31.1 Å². The van der Waals surface area contributed by atoms with Crippen LogP contribution in [-0.2, 0) is 4.79 Å². The Kier molecular flexibility index (Phi) is 4.92. The summed E-state index contributed by atoms with van der Waals surface area (Å²) in [6.07, 6.45) is 4.01. The predicted molar refractivity (Wildman–Crippen MR) is 91.8 cm³/mol. The van der Waals surface area contributed by atoms with Crippen molar-refractivity contribution in [1.82, 2.24) is 10.2 Å². The van der Waals surface area contributed by atoms with Crippen LogP contribution < -0.4 is 15.8 Å². The highest BCUT2D eigenvalue weighted by atomic mass is 16.5. The van der Waals surface area contributed by atoms with Crippen LogP contribution in [0.2, 0.25) is 0 Å². The second-order valence-electron chi connectivity index (χ2n) is 6.71. The summed E-state index contributed by atoms with van der Waals surface area (Å²) in [5, 5.41) is 2.98. The summed E-state index contributed by atoms with van der Waals surface area (Å²) in [5.74, 6) is 1.43. The lowest BCUT2D eigenvalue weighted by atomic mass is 9.96. The number of piperidine rings is 1. The Bertz CT molecular complexity index is 620. The fraction of sp³-hybridized carbons (Fsp3) is 0.556. The maximum absolute atomic E-state index is 12.3. The van der Waals surface area contributed by atoms with E-state index in [1.54, 1.807) is 18.2 Å². The Morgan fingerprint density at radius 3 is 2.58 bits per heavy atom.